The Morgan fingerprint density at radius 3 is 3.00 bits per heavy atom. The molecule has 0 saturated heterocycles. The standard InChI is InChI=1S/C13H8BrN3OS/c14-9-3-4-10-11(6-9)19-13(16-10)17-12(18)8-2-1-5-15-7-8/h1-7H,(H,16,17,18). The van der Waals surface area contributed by atoms with Crippen LogP contribution in [0.15, 0.2) is 47.2 Å². The van der Waals surface area contributed by atoms with Crippen LogP contribution in [0.1, 0.15) is 10.4 Å². The molecule has 1 amide bonds. The van der Waals surface area contributed by atoms with E-state index in [9.17, 15) is 4.79 Å². The maximum Gasteiger partial charge on any atom is 0.259 e. The summed E-state index contributed by atoms with van der Waals surface area (Å²) in [4.78, 5) is 20.2. The lowest BCUT2D eigenvalue weighted by Crippen LogP contribution is -2.11. The molecule has 19 heavy (non-hydrogen) atoms. The molecule has 0 bridgehead atoms. The van der Waals surface area contributed by atoms with Gasteiger partial charge in [-0.15, -0.1) is 0 Å². The van der Waals surface area contributed by atoms with Crippen molar-refractivity contribution < 1.29 is 4.79 Å². The van der Waals surface area contributed by atoms with Crippen LogP contribution in [0, 0.1) is 0 Å². The Kier molecular flexibility index (Phi) is 3.27. The molecule has 2 heterocycles. The average Bonchev–Trinajstić information content (AvgIpc) is 2.81. The van der Waals surface area contributed by atoms with Gasteiger partial charge >= 0.3 is 0 Å². The van der Waals surface area contributed by atoms with E-state index in [0.717, 1.165) is 14.7 Å². The summed E-state index contributed by atoms with van der Waals surface area (Å²) < 4.78 is 2.02. The van der Waals surface area contributed by atoms with Crippen LogP contribution in [0.4, 0.5) is 5.13 Å². The number of amides is 1. The van der Waals surface area contributed by atoms with E-state index in [2.05, 4.69) is 31.2 Å². The number of nitrogens with one attached hydrogen (secondary N) is 1. The molecule has 0 atom stereocenters. The first-order valence-corrected chi connectivity index (χ1v) is 7.11. The number of carbonyl (C=O) groups excluding carboxylic acids is 1. The third kappa shape index (κ3) is 2.64. The Balaban J connectivity index is 1.87. The van der Waals surface area contributed by atoms with Crippen molar-refractivity contribution >= 4 is 48.5 Å². The Labute approximate surface area is 121 Å². The normalized spacial score (nSPS) is 10.6. The molecule has 3 aromatic rings. The van der Waals surface area contributed by atoms with Crippen molar-refractivity contribution in [3.63, 3.8) is 0 Å². The maximum atomic E-state index is 12.0. The molecule has 0 aliphatic heterocycles. The molecule has 0 radical (unpaired) electrons. The van der Waals surface area contributed by atoms with Crippen LogP contribution < -0.4 is 5.32 Å². The van der Waals surface area contributed by atoms with E-state index in [0.29, 0.717) is 10.7 Å². The topological polar surface area (TPSA) is 54.9 Å². The van der Waals surface area contributed by atoms with Gasteiger partial charge in [0.15, 0.2) is 5.13 Å². The van der Waals surface area contributed by atoms with E-state index >= 15 is 0 Å². The number of anilines is 1. The third-order valence-corrected chi connectivity index (χ3v) is 3.92. The highest BCUT2D eigenvalue weighted by Gasteiger charge is 2.09. The van der Waals surface area contributed by atoms with Crippen LogP contribution in [-0.2, 0) is 0 Å². The minimum absolute atomic E-state index is 0.203. The average molecular weight is 334 g/mol. The van der Waals surface area contributed by atoms with Crippen molar-refractivity contribution in [1.29, 1.82) is 0 Å². The zero-order valence-electron chi connectivity index (χ0n) is 9.63. The second-order valence-corrected chi connectivity index (χ2v) is 5.77. The Hall–Kier alpha value is -1.79. The van der Waals surface area contributed by atoms with Gasteiger partial charge in [-0.2, -0.15) is 0 Å². The molecule has 1 N–H and O–H groups in total. The number of fused-ring (bicyclic) bond motifs is 1. The summed E-state index contributed by atoms with van der Waals surface area (Å²) in [5.74, 6) is -0.203. The van der Waals surface area contributed by atoms with Gasteiger partial charge in [-0.25, -0.2) is 4.98 Å². The largest absolute Gasteiger partial charge is 0.298 e. The number of carbonyl (C=O) groups is 1. The summed E-state index contributed by atoms with van der Waals surface area (Å²) in [5, 5.41) is 3.37. The van der Waals surface area contributed by atoms with Gasteiger partial charge in [0.2, 0.25) is 0 Å². The summed E-state index contributed by atoms with van der Waals surface area (Å²) in [7, 11) is 0. The SMILES string of the molecule is O=C(Nc1nc2ccc(Br)cc2s1)c1cccnc1. The molecule has 1 aromatic carbocycles. The van der Waals surface area contributed by atoms with Gasteiger partial charge in [0.05, 0.1) is 15.8 Å². The van der Waals surface area contributed by atoms with Crippen LogP contribution in [0.25, 0.3) is 10.2 Å². The van der Waals surface area contributed by atoms with Gasteiger partial charge in [-0.1, -0.05) is 27.3 Å². The molecule has 6 heteroatoms. The predicted molar refractivity (Wildman–Crippen MR) is 79.5 cm³/mol. The fraction of sp³-hybridized carbons (Fsp3) is 0. The van der Waals surface area contributed by atoms with E-state index < -0.39 is 0 Å². The summed E-state index contributed by atoms with van der Waals surface area (Å²) in [6.07, 6.45) is 3.16. The summed E-state index contributed by atoms with van der Waals surface area (Å²) in [6, 6.07) is 9.26. The minimum Gasteiger partial charge on any atom is -0.298 e. The van der Waals surface area contributed by atoms with Crippen molar-refractivity contribution in [2.45, 2.75) is 0 Å². The van der Waals surface area contributed by atoms with Crippen LogP contribution >= 0.6 is 27.3 Å². The Morgan fingerprint density at radius 2 is 2.21 bits per heavy atom. The Bertz CT molecular complexity index is 742. The number of pyridine rings is 1. The number of thiazole rings is 1. The van der Waals surface area contributed by atoms with Crippen LogP contribution in [0.2, 0.25) is 0 Å². The summed E-state index contributed by atoms with van der Waals surface area (Å²) in [5.41, 5.74) is 1.39. The number of rotatable bonds is 2. The van der Waals surface area contributed by atoms with Crippen LogP contribution in [-0.4, -0.2) is 15.9 Å². The highest BCUT2D eigenvalue weighted by molar-refractivity contribution is 9.10. The number of nitrogens with zero attached hydrogens (tertiary/aromatic N) is 2. The molecule has 0 aliphatic rings. The molecule has 0 saturated carbocycles. The lowest BCUT2D eigenvalue weighted by Gasteiger charge is -1.99. The number of aromatic nitrogens is 2. The number of hydrogen-bond acceptors (Lipinski definition) is 4. The molecule has 94 valence electrons. The lowest BCUT2D eigenvalue weighted by atomic mass is 10.3. The van der Waals surface area contributed by atoms with Gasteiger partial charge in [-0.05, 0) is 30.3 Å². The van der Waals surface area contributed by atoms with Gasteiger partial charge in [-0.3, -0.25) is 15.1 Å². The first-order valence-electron chi connectivity index (χ1n) is 5.50. The Morgan fingerprint density at radius 1 is 1.32 bits per heavy atom. The lowest BCUT2D eigenvalue weighted by molar-refractivity contribution is 0.102. The fourth-order valence-corrected chi connectivity index (χ4v) is 3.03. The molecule has 0 unspecified atom stereocenters. The fourth-order valence-electron chi connectivity index (χ4n) is 1.62. The number of benzene rings is 1. The van der Waals surface area contributed by atoms with Crippen molar-refractivity contribution in [2.75, 3.05) is 5.32 Å². The summed E-state index contributed by atoms with van der Waals surface area (Å²) >= 11 is 4.85. The second-order valence-electron chi connectivity index (χ2n) is 3.83. The first kappa shape index (κ1) is 12.3. The van der Waals surface area contributed by atoms with Crippen LogP contribution in [0.5, 0.6) is 0 Å². The monoisotopic (exact) mass is 333 g/mol. The van der Waals surface area contributed by atoms with Crippen molar-refractivity contribution in [3.8, 4) is 0 Å². The molecule has 2 aromatic heterocycles. The molecular weight excluding hydrogens is 326 g/mol. The third-order valence-electron chi connectivity index (χ3n) is 2.49. The van der Waals surface area contributed by atoms with Crippen LogP contribution in [0.3, 0.4) is 0 Å². The molecule has 0 fully saturated rings. The van der Waals surface area contributed by atoms with E-state index in [-0.39, 0.29) is 5.91 Å². The van der Waals surface area contributed by atoms with Crippen molar-refractivity contribution in [1.82, 2.24) is 9.97 Å². The maximum absolute atomic E-state index is 12.0. The van der Waals surface area contributed by atoms with E-state index in [1.165, 1.54) is 17.5 Å². The molecule has 3 rings (SSSR count). The van der Waals surface area contributed by atoms with Crippen molar-refractivity contribution in [3.05, 3.63) is 52.8 Å². The van der Waals surface area contributed by atoms with E-state index in [4.69, 9.17) is 0 Å². The predicted octanol–water partition coefficient (Wildman–Crippen LogP) is 3.71. The molecular formula is C13H8BrN3OS. The highest BCUT2D eigenvalue weighted by atomic mass is 79.9. The number of halogens is 1. The number of hydrogen-bond donors (Lipinski definition) is 1. The molecule has 4 nitrogen and oxygen atoms in total. The zero-order valence-corrected chi connectivity index (χ0v) is 12.0. The quantitative estimate of drug-likeness (QED) is 0.777. The highest BCUT2D eigenvalue weighted by Crippen LogP contribution is 2.28. The molecule has 0 spiro atoms. The van der Waals surface area contributed by atoms with Crippen molar-refractivity contribution in [2.24, 2.45) is 0 Å². The van der Waals surface area contributed by atoms with E-state index in [1.807, 2.05) is 18.2 Å². The van der Waals surface area contributed by atoms with Gasteiger partial charge in [0.25, 0.3) is 5.91 Å². The zero-order chi connectivity index (χ0) is 13.2. The first-order chi connectivity index (χ1) is 9.22. The van der Waals surface area contributed by atoms with Gasteiger partial charge in [0.1, 0.15) is 0 Å². The smallest absolute Gasteiger partial charge is 0.259 e. The molecule has 0 aliphatic carbocycles. The van der Waals surface area contributed by atoms with E-state index in [1.54, 1.807) is 18.3 Å². The minimum atomic E-state index is -0.203. The van der Waals surface area contributed by atoms with Gasteiger partial charge < -0.3 is 0 Å². The van der Waals surface area contributed by atoms with Gasteiger partial charge in [0, 0.05) is 16.9 Å². The summed E-state index contributed by atoms with van der Waals surface area (Å²) in [6.45, 7) is 0. The second kappa shape index (κ2) is 5.07.